The van der Waals surface area contributed by atoms with Crippen molar-refractivity contribution in [1.82, 2.24) is 10.2 Å². The Morgan fingerprint density at radius 1 is 1.29 bits per heavy atom. The zero-order chi connectivity index (χ0) is 20.4. The highest BCUT2D eigenvalue weighted by Crippen LogP contribution is 2.22. The minimum atomic E-state index is -4.35. The first-order valence-electron chi connectivity index (χ1n) is 9.73. The van der Waals surface area contributed by atoms with E-state index in [-0.39, 0.29) is 17.6 Å². The summed E-state index contributed by atoms with van der Waals surface area (Å²) in [5.41, 5.74) is 0.901. The number of carbonyl (C=O) groups excluding carboxylic acids is 1. The Balaban J connectivity index is 1.71. The van der Waals surface area contributed by atoms with Gasteiger partial charge in [-0.2, -0.15) is 13.2 Å². The summed E-state index contributed by atoms with van der Waals surface area (Å²) in [6.07, 6.45) is -1.98. The smallest absolute Gasteiger partial charge is 0.422 e. The predicted octanol–water partition coefficient (Wildman–Crippen LogP) is 3.38. The molecule has 1 aliphatic heterocycles. The molecule has 28 heavy (non-hydrogen) atoms. The quantitative estimate of drug-likeness (QED) is 0.610. The lowest BCUT2D eigenvalue weighted by Gasteiger charge is -2.31. The molecule has 0 aromatic heterocycles. The fourth-order valence-corrected chi connectivity index (χ4v) is 3.18. The van der Waals surface area contributed by atoms with E-state index in [4.69, 9.17) is 9.47 Å². The van der Waals surface area contributed by atoms with Crippen molar-refractivity contribution >= 4 is 5.91 Å². The number of ether oxygens (including phenoxy) is 2. The van der Waals surface area contributed by atoms with Crippen LogP contribution >= 0.6 is 0 Å². The average molecular weight is 402 g/mol. The molecule has 2 rings (SSSR count). The predicted molar refractivity (Wildman–Crippen MR) is 100 cm³/mol. The van der Waals surface area contributed by atoms with Crippen molar-refractivity contribution in [3.63, 3.8) is 0 Å². The highest BCUT2D eigenvalue weighted by atomic mass is 19.4. The Hall–Kier alpha value is -1.80. The topological polar surface area (TPSA) is 50.8 Å². The fourth-order valence-electron chi connectivity index (χ4n) is 3.18. The maximum Gasteiger partial charge on any atom is 0.422 e. The lowest BCUT2D eigenvalue weighted by atomic mass is 9.95. The van der Waals surface area contributed by atoms with Gasteiger partial charge in [0, 0.05) is 32.2 Å². The molecular formula is C20H29F3N2O3. The number of rotatable bonds is 10. The van der Waals surface area contributed by atoms with Gasteiger partial charge in [0.05, 0.1) is 0 Å². The molecule has 1 aliphatic rings. The Bertz CT molecular complexity index is 603. The van der Waals surface area contributed by atoms with Crippen LogP contribution in [0.15, 0.2) is 24.3 Å². The number of nitrogens with zero attached hydrogens (tertiary/aromatic N) is 1. The van der Waals surface area contributed by atoms with Gasteiger partial charge in [0.15, 0.2) is 6.61 Å². The number of likely N-dealkylation sites (tertiary alicyclic amines) is 1. The van der Waals surface area contributed by atoms with E-state index < -0.39 is 12.8 Å². The van der Waals surface area contributed by atoms with Crippen LogP contribution in [0, 0.1) is 5.92 Å². The van der Waals surface area contributed by atoms with Crippen LogP contribution in [-0.4, -0.2) is 56.4 Å². The molecule has 0 spiro atoms. The molecule has 0 radical (unpaired) electrons. The zero-order valence-electron chi connectivity index (χ0n) is 16.3. The number of hydrogen-bond donors (Lipinski definition) is 1. The second-order valence-electron chi connectivity index (χ2n) is 6.94. The molecule has 1 N–H and O–H groups in total. The van der Waals surface area contributed by atoms with E-state index in [0.29, 0.717) is 26.3 Å². The molecule has 0 aliphatic carbocycles. The number of halogens is 3. The van der Waals surface area contributed by atoms with Crippen molar-refractivity contribution in [2.75, 3.05) is 39.5 Å². The number of piperidine rings is 1. The zero-order valence-corrected chi connectivity index (χ0v) is 16.3. The van der Waals surface area contributed by atoms with Crippen LogP contribution in [0.2, 0.25) is 0 Å². The highest BCUT2D eigenvalue weighted by molar-refractivity contribution is 5.78. The van der Waals surface area contributed by atoms with E-state index in [1.54, 1.807) is 12.1 Å². The number of nitrogens with one attached hydrogen (secondary N) is 1. The standard InChI is InChI=1S/C20H29F3N2O3/c1-2-27-12-4-9-24-19(26)17-7-10-25(11-8-17)14-16-5-3-6-18(13-16)28-15-20(21,22)23/h3,5-6,13,17H,2,4,7-12,14-15H2,1H3,(H,24,26). The first-order chi connectivity index (χ1) is 13.4. The van der Waals surface area contributed by atoms with Crippen molar-refractivity contribution in [3.05, 3.63) is 29.8 Å². The largest absolute Gasteiger partial charge is 0.484 e. The van der Waals surface area contributed by atoms with Crippen LogP contribution in [0.1, 0.15) is 31.7 Å². The summed E-state index contributed by atoms with van der Waals surface area (Å²) in [7, 11) is 0. The molecule has 0 bridgehead atoms. The van der Waals surface area contributed by atoms with Crippen molar-refractivity contribution in [2.24, 2.45) is 5.92 Å². The molecule has 8 heteroatoms. The van der Waals surface area contributed by atoms with Crippen LogP contribution in [-0.2, 0) is 16.1 Å². The van der Waals surface area contributed by atoms with Gasteiger partial charge in [-0.15, -0.1) is 0 Å². The monoisotopic (exact) mass is 402 g/mol. The minimum absolute atomic E-state index is 0.0183. The lowest BCUT2D eigenvalue weighted by molar-refractivity contribution is -0.153. The molecule has 0 saturated carbocycles. The minimum Gasteiger partial charge on any atom is -0.484 e. The number of hydrogen-bond acceptors (Lipinski definition) is 4. The second-order valence-corrected chi connectivity index (χ2v) is 6.94. The summed E-state index contributed by atoms with van der Waals surface area (Å²) in [4.78, 5) is 14.4. The first-order valence-corrected chi connectivity index (χ1v) is 9.73. The molecule has 1 amide bonds. The molecule has 5 nitrogen and oxygen atoms in total. The average Bonchev–Trinajstić information content (AvgIpc) is 2.66. The molecule has 1 fully saturated rings. The van der Waals surface area contributed by atoms with Crippen LogP contribution in [0.25, 0.3) is 0 Å². The number of carbonyl (C=O) groups is 1. The second kappa shape index (κ2) is 11.3. The molecule has 1 saturated heterocycles. The van der Waals surface area contributed by atoms with Crippen molar-refractivity contribution in [3.8, 4) is 5.75 Å². The van der Waals surface area contributed by atoms with Gasteiger partial charge < -0.3 is 14.8 Å². The Morgan fingerprint density at radius 3 is 2.71 bits per heavy atom. The van der Waals surface area contributed by atoms with E-state index in [1.165, 1.54) is 6.07 Å². The Morgan fingerprint density at radius 2 is 2.04 bits per heavy atom. The van der Waals surface area contributed by atoms with Crippen LogP contribution in [0.3, 0.4) is 0 Å². The molecule has 1 aromatic rings. The Kier molecular flexibility index (Phi) is 9.05. The van der Waals surface area contributed by atoms with Crippen LogP contribution < -0.4 is 10.1 Å². The van der Waals surface area contributed by atoms with Crippen LogP contribution in [0.5, 0.6) is 5.75 Å². The highest BCUT2D eigenvalue weighted by Gasteiger charge is 2.28. The third-order valence-electron chi connectivity index (χ3n) is 4.63. The van der Waals surface area contributed by atoms with Crippen molar-refractivity contribution in [2.45, 2.75) is 38.9 Å². The summed E-state index contributed by atoms with van der Waals surface area (Å²) in [6.45, 7) is 4.81. The van der Waals surface area contributed by atoms with E-state index >= 15 is 0 Å². The Labute approximate surface area is 164 Å². The molecule has 1 aromatic carbocycles. The number of benzene rings is 1. The molecule has 0 unspecified atom stereocenters. The number of alkyl halides is 3. The maximum atomic E-state index is 12.3. The normalized spacial score (nSPS) is 16.1. The molecule has 158 valence electrons. The number of amides is 1. The third-order valence-corrected chi connectivity index (χ3v) is 4.63. The summed E-state index contributed by atoms with van der Waals surface area (Å²) in [5, 5.41) is 2.96. The van der Waals surface area contributed by atoms with Gasteiger partial charge >= 0.3 is 6.18 Å². The van der Waals surface area contributed by atoms with Crippen LogP contribution in [0.4, 0.5) is 13.2 Å². The maximum absolute atomic E-state index is 12.3. The van der Waals surface area contributed by atoms with Gasteiger partial charge in [0.1, 0.15) is 5.75 Å². The van der Waals surface area contributed by atoms with Crippen molar-refractivity contribution in [1.29, 1.82) is 0 Å². The summed E-state index contributed by atoms with van der Waals surface area (Å²) in [6, 6.07) is 6.74. The summed E-state index contributed by atoms with van der Waals surface area (Å²) >= 11 is 0. The summed E-state index contributed by atoms with van der Waals surface area (Å²) in [5.74, 6) is 0.333. The van der Waals surface area contributed by atoms with Gasteiger partial charge in [0.25, 0.3) is 0 Å². The van der Waals surface area contributed by atoms with Gasteiger partial charge in [-0.05, 0) is 57.0 Å². The third kappa shape index (κ3) is 8.48. The van der Waals surface area contributed by atoms with Gasteiger partial charge in [0.2, 0.25) is 5.91 Å². The van der Waals surface area contributed by atoms with E-state index in [2.05, 4.69) is 10.2 Å². The fraction of sp³-hybridized carbons (Fsp3) is 0.650. The van der Waals surface area contributed by atoms with E-state index in [0.717, 1.165) is 37.9 Å². The van der Waals surface area contributed by atoms with Gasteiger partial charge in [-0.25, -0.2) is 0 Å². The molecule has 0 atom stereocenters. The van der Waals surface area contributed by atoms with Crippen molar-refractivity contribution < 1.29 is 27.4 Å². The van der Waals surface area contributed by atoms with Gasteiger partial charge in [-0.1, -0.05) is 12.1 Å². The first kappa shape index (κ1) is 22.5. The summed E-state index contributed by atoms with van der Waals surface area (Å²) < 4.78 is 46.9. The van der Waals surface area contributed by atoms with E-state index in [9.17, 15) is 18.0 Å². The van der Waals surface area contributed by atoms with Gasteiger partial charge in [-0.3, -0.25) is 9.69 Å². The molecular weight excluding hydrogens is 373 g/mol. The molecule has 1 heterocycles. The lowest BCUT2D eigenvalue weighted by Crippen LogP contribution is -2.40. The van der Waals surface area contributed by atoms with E-state index in [1.807, 2.05) is 13.0 Å². The SMILES string of the molecule is CCOCCCNC(=O)C1CCN(Cc2cccc(OCC(F)(F)F)c2)CC1.